The second-order valence-corrected chi connectivity index (χ2v) is 18.6. The molecular formula is C54H111N5O4. The monoisotopic (exact) mass is 894 g/mol. The number of amides is 3. The minimum atomic E-state index is 0.105. The Morgan fingerprint density at radius 3 is 0.937 bits per heavy atom. The third-order valence-corrected chi connectivity index (χ3v) is 12.2. The molecule has 0 aromatic rings. The molecule has 0 spiro atoms. The third kappa shape index (κ3) is 56.4. The van der Waals surface area contributed by atoms with Crippen LogP contribution in [0.15, 0.2) is 0 Å². The Hall–Kier alpha value is -1.71. The topological polar surface area (TPSA) is 123 Å². The van der Waals surface area contributed by atoms with Gasteiger partial charge in [-0.1, -0.05) is 214 Å². The molecule has 9 heteroatoms. The van der Waals surface area contributed by atoms with Crippen molar-refractivity contribution in [3.8, 4) is 0 Å². The van der Waals surface area contributed by atoms with Gasteiger partial charge < -0.3 is 31.3 Å². The molecule has 0 bridgehead atoms. The van der Waals surface area contributed by atoms with E-state index < -0.39 is 0 Å². The highest BCUT2D eigenvalue weighted by Gasteiger charge is 2.11. The highest BCUT2D eigenvalue weighted by atomic mass is 16.3. The molecule has 0 atom stereocenters. The number of nitrogens with zero attached hydrogens (tertiary/aromatic N) is 1. The molecule has 0 rings (SSSR count). The number of carbonyl (C=O) groups is 3. The third-order valence-electron chi connectivity index (χ3n) is 12.2. The normalized spacial score (nSPS) is 11.1. The Morgan fingerprint density at radius 1 is 0.317 bits per heavy atom. The van der Waals surface area contributed by atoms with Crippen LogP contribution in [0.5, 0.6) is 0 Å². The summed E-state index contributed by atoms with van der Waals surface area (Å²) in [6.07, 6.45) is 46.3. The van der Waals surface area contributed by atoms with Gasteiger partial charge >= 0.3 is 0 Å². The molecule has 63 heavy (non-hydrogen) atoms. The number of carbonyl (C=O) groups excluding carboxylic acids is 3. The van der Waals surface area contributed by atoms with Gasteiger partial charge in [0.05, 0.1) is 0 Å². The molecule has 0 aliphatic carbocycles. The van der Waals surface area contributed by atoms with Gasteiger partial charge in [0, 0.05) is 65.1 Å². The Bertz CT molecular complexity index is 881. The largest absolute Gasteiger partial charge is 0.396 e. The Morgan fingerprint density at radius 2 is 0.603 bits per heavy atom. The summed E-state index contributed by atoms with van der Waals surface area (Å²) in [7, 11) is 0. The zero-order chi connectivity index (χ0) is 46.4. The maximum atomic E-state index is 12.3. The maximum Gasteiger partial charge on any atom is 0.221 e. The number of hydrogen-bond acceptors (Lipinski definition) is 6. The molecule has 0 aromatic carbocycles. The zero-order valence-corrected chi connectivity index (χ0v) is 42.9. The second kappa shape index (κ2) is 56.4. The van der Waals surface area contributed by atoms with Crippen molar-refractivity contribution in [2.24, 2.45) is 0 Å². The van der Waals surface area contributed by atoms with Crippen molar-refractivity contribution in [3.05, 3.63) is 0 Å². The average molecular weight is 895 g/mol. The SMILES string of the molecule is CCCCCCCCCCCCNC(=O)CCN(CCCCO)CCC(=O)NCCCCCCCCCCCC.CCCCCCCCCCCCNC(=O)CCNCCCCC. The molecule has 0 unspecified atom stereocenters. The minimum Gasteiger partial charge on any atom is -0.396 e. The first-order valence-electron chi connectivity index (χ1n) is 27.8. The van der Waals surface area contributed by atoms with Crippen LogP contribution in [0.1, 0.15) is 272 Å². The molecule has 0 fully saturated rings. The van der Waals surface area contributed by atoms with Crippen LogP contribution >= 0.6 is 0 Å². The minimum absolute atomic E-state index is 0.105. The first kappa shape index (κ1) is 63.4. The predicted molar refractivity (Wildman–Crippen MR) is 274 cm³/mol. The zero-order valence-electron chi connectivity index (χ0n) is 42.9. The Kier molecular flexibility index (Phi) is 56.8. The fourth-order valence-corrected chi connectivity index (χ4v) is 7.91. The van der Waals surface area contributed by atoms with E-state index in [0.29, 0.717) is 32.4 Å². The Labute approximate surface area is 392 Å². The summed E-state index contributed by atoms with van der Waals surface area (Å²) in [6.45, 7) is 15.6. The maximum absolute atomic E-state index is 12.3. The van der Waals surface area contributed by atoms with Crippen molar-refractivity contribution >= 4 is 17.7 Å². The van der Waals surface area contributed by atoms with Crippen molar-refractivity contribution in [2.45, 2.75) is 272 Å². The molecular weight excluding hydrogens is 783 g/mol. The lowest BCUT2D eigenvalue weighted by Gasteiger charge is -2.22. The Balaban J connectivity index is 0. The molecule has 0 heterocycles. The van der Waals surface area contributed by atoms with Gasteiger partial charge in [-0.25, -0.2) is 0 Å². The van der Waals surface area contributed by atoms with Crippen molar-refractivity contribution in [3.63, 3.8) is 0 Å². The molecule has 0 saturated carbocycles. The number of aliphatic hydroxyl groups is 1. The molecule has 9 nitrogen and oxygen atoms in total. The molecule has 5 N–H and O–H groups in total. The van der Waals surface area contributed by atoms with E-state index in [1.807, 2.05) is 0 Å². The van der Waals surface area contributed by atoms with E-state index in [2.05, 4.69) is 53.9 Å². The number of rotatable bonds is 50. The lowest BCUT2D eigenvalue weighted by Crippen LogP contribution is -2.35. The van der Waals surface area contributed by atoms with Gasteiger partial charge in [-0.2, -0.15) is 0 Å². The van der Waals surface area contributed by atoms with Crippen LogP contribution in [0.4, 0.5) is 0 Å². The van der Waals surface area contributed by atoms with E-state index in [0.717, 1.165) is 71.4 Å². The van der Waals surface area contributed by atoms with Crippen molar-refractivity contribution in [1.82, 2.24) is 26.2 Å². The van der Waals surface area contributed by atoms with E-state index in [1.165, 1.54) is 193 Å². The van der Waals surface area contributed by atoms with Gasteiger partial charge in [0.15, 0.2) is 0 Å². The highest BCUT2D eigenvalue weighted by molar-refractivity contribution is 5.77. The quantitative estimate of drug-likeness (QED) is 0.0388. The van der Waals surface area contributed by atoms with Crippen LogP contribution in [-0.4, -0.2) is 86.7 Å². The summed E-state index contributed by atoms with van der Waals surface area (Å²) in [4.78, 5) is 38.5. The van der Waals surface area contributed by atoms with Crippen LogP contribution in [0.2, 0.25) is 0 Å². The summed E-state index contributed by atoms with van der Waals surface area (Å²) < 4.78 is 0. The summed E-state index contributed by atoms with van der Waals surface area (Å²) >= 11 is 0. The van der Waals surface area contributed by atoms with E-state index >= 15 is 0 Å². The van der Waals surface area contributed by atoms with Crippen LogP contribution in [0.3, 0.4) is 0 Å². The van der Waals surface area contributed by atoms with Gasteiger partial charge in [-0.05, 0) is 51.6 Å². The smallest absolute Gasteiger partial charge is 0.221 e. The van der Waals surface area contributed by atoms with Crippen LogP contribution < -0.4 is 21.3 Å². The molecule has 0 radical (unpaired) electrons. The van der Waals surface area contributed by atoms with Crippen molar-refractivity contribution in [1.29, 1.82) is 0 Å². The van der Waals surface area contributed by atoms with Gasteiger partial charge in [-0.15, -0.1) is 0 Å². The number of unbranched alkanes of at least 4 members (excludes halogenated alkanes) is 30. The second-order valence-electron chi connectivity index (χ2n) is 18.6. The summed E-state index contributed by atoms with van der Waals surface area (Å²) in [6, 6.07) is 0. The first-order chi connectivity index (χ1) is 30.9. The summed E-state index contributed by atoms with van der Waals surface area (Å²) in [5, 5.41) is 21.6. The first-order valence-corrected chi connectivity index (χ1v) is 27.8. The molecule has 3 amide bonds. The van der Waals surface area contributed by atoms with Gasteiger partial charge in [0.25, 0.3) is 0 Å². The summed E-state index contributed by atoms with van der Waals surface area (Å²) in [5.74, 6) is 0.408. The molecule has 0 aromatic heterocycles. The van der Waals surface area contributed by atoms with Gasteiger partial charge in [-0.3, -0.25) is 14.4 Å². The van der Waals surface area contributed by atoms with Crippen LogP contribution in [-0.2, 0) is 14.4 Å². The predicted octanol–water partition coefficient (Wildman–Crippen LogP) is 13.1. The van der Waals surface area contributed by atoms with E-state index in [9.17, 15) is 14.4 Å². The van der Waals surface area contributed by atoms with Crippen molar-refractivity contribution in [2.75, 3.05) is 59.0 Å². The van der Waals surface area contributed by atoms with E-state index in [-0.39, 0.29) is 24.3 Å². The number of nitrogens with one attached hydrogen (secondary N) is 4. The lowest BCUT2D eigenvalue weighted by atomic mass is 10.1. The van der Waals surface area contributed by atoms with E-state index in [1.54, 1.807) is 0 Å². The molecule has 0 aliphatic rings. The van der Waals surface area contributed by atoms with Gasteiger partial charge in [0.2, 0.25) is 17.7 Å². The fourth-order valence-electron chi connectivity index (χ4n) is 7.91. The molecule has 376 valence electrons. The lowest BCUT2D eigenvalue weighted by molar-refractivity contribution is -0.122. The van der Waals surface area contributed by atoms with E-state index in [4.69, 9.17) is 5.11 Å². The number of aliphatic hydroxyl groups excluding tert-OH is 1. The fraction of sp³-hybridized carbons (Fsp3) is 0.944. The van der Waals surface area contributed by atoms with Crippen molar-refractivity contribution < 1.29 is 19.5 Å². The highest BCUT2D eigenvalue weighted by Crippen LogP contribution is 2.13. The molecule has 0 aliphatic heterocycles. The summed E-state index contributed by atoms with van der Waals surface area (Å²) in [5.41, 5.74) is 0. The standard InChI is InChI=1S/C34H69N3O3.C20H42N2O/c1-3-5-7-9-11-13-15-17-19-21-27-35-33(39)25-30-37(29-23-24-32-38)31-26-34(40)36-28-22-20-18-16-14-12-10-8-6-4-2;1-3-5-7-8-9-10-11-12-13-15-18-22-20(23)16-19-21-17-14-6-4-2/h38H,3-32H2,1-2H3,(H,35,39)(H,36,40);21H,3-19H2,1-2H3,(H,22,23). The van der Waals surface area contributed by atoms with Gasteiger partial charge in [0.1, 0.15) is 0 Å². The average Bonchev–Trinajstić information content (AvgIpc) is 3.28. The van der Waals surface area contributed by atoms with Crippen LogP contribution in [0, 0.1) is 0 Å². The molecule has 0 saturated heterocycles. The number of hydrogen-bond donors (Lipinski definition) is 5. The van der Waals surface area contributed by atoms with Crippen LogP contribution in [0.25, 0.3) is 0 Å².